The fourth-order valence-corrected chi connectivity index (χ4v) is 1.92. The first-order chi connectivity index (χ1) is 8.02. The van der Waals surface area contributed by atoms with Gasteiger partial charge in [-0.05, 0) is 51.4 Å². The highest BCUT2D eigenvalue weighted by atomic mass is 15.3. The summed E-state index contributed by atoms with van der Waals surface area (Å²) < 4.78 is 1.81. The highest BCUT2D eigenvalue weighted by Gasteiger charge is 2.18. The molecule has 0 radical (unpaired) electrons. The minimum absolute atomic E-state index is 0.0541. The van der Waals surface area contributed by atoms with Crippen molar-refractivity contribution in [3.8, 4) is 0 Å². The third-order valence-corrected chi connectivity index (χ3v) is 2.76. The van der Waals surface area contributed by atoms with Gasteiger partial charge in [-0.15, -0.1) is 0 Å². The highest BCUT2D eigenvalue weighted by molar-refractivity contribution is 5.52. The zero-order chi connectivity index (χ0) is 12.5. The maximum Gasteiger partial charge on any atom is 0.157 e. The average Bonchev–Trinajstić information content (AvgIpc) is 2.64. The number of rotatable bonds is 4. The largest absolute Gasteiger partial charge is 0.365 e. The lowest BCUT2D eigenvalue weighted by atomic mass is 10.0. The van der Waals surface area contributed by atoms with Crippen molar-refractivity contribution in [2.75, 3.05) is 11.9 Å². The first-order valence-corrected chi connectivity index (χ1v) is 5.80. The van der Waals surface area contributed by atoms with E-state index in [1.165, 1.54) is 0 Å². The smallest absolute Gasteiger partial charge is 0.157 e. The minimum Gasteiger partial charge on any atom is -0.365 e. The number of aromatic nitrogens is 3. The second-order valence-corrected chi connectivity index (χ2v) is 5.00. The van der Waals surface area contributed by atoms with Crippen LogP contribution in [-0.4, -0.2) is 26.7 Å². The van der Waals surface area contributed by atoms with E-state index in [4.69, 9.17) is 5.73 Å². The quantitative estimate of drug-likeness (QED) is 0.841. The summed E-state index contributed by atoms with van der Waals surface area (Å²) in [5.74, 6) is 0.955. The number of pyridine rings is 1. The number of hydrogen-bond acceptors (Lipinski definition) is 4. The fourth-order valence-electron chi connectivity index (χ4n) is 1.92. The van der Waals surface area contributed by atoms with Gasteiger partial charge in [-0.1, -0.05) is 0 Å². The number of fused-ring (bicyclic) bond motifs is 1. The van der Waals surface area contributed by atoms with Crippen molar-refractivity contribution in [3.63, 3.8) is 0 Å². The highest BCUT2D eigenvalue weighted by Crippen LogP contribution is 2.19. The predicted molar refractivity (Wildman–Crippen MR) is 69.1 cm³/mol. The van der Waals surface area contributed by atoms with E-state index in [1.54, 1.807) is 6.33 Å². The van der Waals surface area contributed by atoms with Crippen LogP contribution < -0.4 is 11.1 Å². The normalized spacial score (nSPS) is 12.0. The summed E-state index contributed by atoms with van der Waals surface area (Å²) in [6.45, 7) is 6.97. The Morgan fingerprint density at radius 3 is 2.88 bits per heavy atom. The Morgan fingerprint density at radius 1 is 1.41 bits per heavy atom. The van der Waals surface area contributed by atoms with Crippen molar-refractivity contribution < 1.29 is 0 Å². The zero-order valence-electron chi connectivity index (χ0n) is 10.6. The molecule has 0 aliphatic heterocycles. The Morgan fingerprint density at radius 2 is 2.18 bits per heavy atom. The molecular formula is C12H19N5. The molecule has 0 saturated heterocycles. The van der Waals surface area contributed by atoms with Gasteiger partial charge in [0.2, 0.25) is 0 Å². The van der Waals surface area contributed by atoms with Crippen LogP contribution in [0.25, 0.3) is 5.65 Å². The second kappa shape index (κ2) is 4.33. The SMILES string of the molecule is Cc1cc(NC(C)(C)CCN)n2ncnc2c1. The molecule has 0 amide bonds. The minimum atomic E-state index is -0.0541. The Balaban J connectivity index is 2.37. The van der Waals surface area contributed by atoms with Crippen molar-refractivity contribution in [2.45, 2.75) is 32.7 Å². The molecule has 0 aliphatic rings. The van der Waals surface area contributed by atoms with Gasteiger partial charge < -0.3 is 11.1 Å². The average molecular weight is 233 g/mol. The zero-order valence-corrected chi connectivity index (χ0v) is 10.6. The van der Waals surface area contributed by atoms with Gasteiger partial charge in [-0.25, -0.2) is 4.98 Å². The Kier molecular flexibility index (Phi) is 3.02. The molecule has 2 aromatic heterocycles. The number of nitrogens with zero attached hydrogens (tertiary/aromatic N) is 3. The van der Waals surface area contributed by atoms with E-state index < -0.39 is 0 Å². The fraction of sp³-hybridized carbons (Fsp3) is 0.500. The van der Waals surface area contributed by atoms with Gasteiger partial charge in [0, 0.05) is 5.54 Å². The molecule has 0 saturated carbocycles. The second-order valence-electron chi connectivity index (χ2n) is 5.00. The third-order valence-electron chi connectivity index (χ3n) is 2.76. The number of nitrogens with two attached hydrogens (primary N) is 1. The molecule has 0 aromatic carbocycles. The molecule has 0 fully saturated rings. The first kappa shape index (κ1) is 11.9. The standard InChI is InChI=1S/C12H19N5/c1-9-6-10-14-8-15-17(10)11(7-9)16-12(2,3)4-5-13/h6-8,16H,4-5,13H2,1-3H3. The summed E-state index contributed by atoms with van der Waals surface area (Å²) in [5.41, 5.74) is 7.58. The van der Waals surface area contributed by atoms with Gasteiger partial charge in [-0.3, -0.25) is 0 Å². The summed E-state index contributed by atoms with van der Waals surface area (Å²) in [6, 6.07) is 4.08. The van der Waals surface area contributed by atoms with Crippen LogP contribution in [0.3, 0.4) is 0 Å². The molecule has 5 heteroatoms. The number of aryl methyl sites for hydroxylation is 1. The van der Waals surface area contributed by atoms with Crippen LogP contribution in [0.2, 0.25) is 0 Å². The molecule has 17 heavy (non-hydrogen) atoms. The number of anilines is 1. The van der Waals surface area contributed by atoms with Gasteiger partial charge in [0.25, 0.3) is 0 Å². The molecule has 92 valence electrons. The molecule has 2 heterocycles. The molecule has 0 atom stereocenters. The molecule has 2 rings (SSSR count). The molecule has 5 nitrogen and oxygen atoms in total. The van der Waals surface area contributed by atoms with Crippen LogP contribution in [0.15, 0.2) is 18.5 Å². The van der Waals surface area contributed by atoms with E-state index >= 15 is 0 Å². The van der Waals surface area contributed by atoms with Crippen LogP contribution in [0.5, 0.6) is 0 Å². The molecule has 0 spiro atoms. The maximum atomic E-state index is 5.62. The lowest BCUT2D eigenvalue weighted by Crippen LogP contribution is -2.34. The van der Waals surface area contributed by atoms with Crippen LogP contribution in [0.4, 0.5) is 5.82 Å². The number of nitrogens with one attached hydrogen (secondary N) is 1. The predicted octanol–water partition coefficient (Wildman–Crippen LogP) is 1.58. The van der Waals surface area contributed by atoms with Gasteiger partial charge in [0.1, 0.15) is 12.1 Å². The molecule has 0 aliphatic carbocycles. The maximum absolute atomic E-state index is 5.62. The van der Waals surface area contributed by atoms with Crippen LogP contribution in [0, 0.1) is 6.92 Å². The lowest BCUT2D eigenvalue weighted by molar-refractivity contribution is 0.522. The Bertz CT molecular complexity index is 515. The van der Waals surface area contributed by atoms with Crippen molar-refractivity contribution in [3.05, 3.63) is 24.0 Å². The lowest BCUT2D eigenvalue weighted by Gasteiger charge is -2.27. The van der Waals surface area contributed by atoms with Gasteiger partial charge >= 0.3 is 0 Å². The van der Waals surface area contributed by atoms with E-state index in [1.807, 2.05) is 10.6 Å². The Hall–Kier alpha value is -1.62. The van der Waals surface area contributed by atoms with Crippen molar-refractivity contribution in [2.24, 2.45) is 5.73 Å². The summed E-state index contributed by atoms with van der Waals surface area (Å²) in [7, 11) is 0. The topological polar surface area (TPSA) is 68.2 Å². The van der Waals surface area contributed by atoms with E-state index in [0.29, 0.717) is 6.54 Å². The summed E-state index contributed by atoms with van der Waals surface area (Å²) >= 11 is 0. The van der Waals surface area contributed by atoms with Crippen LogP contribution >= 0.6 is 0 Å². The third kappa shape index (κ3) is 2.55. The van der Waals surface area contributed by atoms with E-state index in [0.717, 1.165) is 23.4 Å². The van der Waals surface area contributed by atoms with Crippen molar-refractivity contribution in [1.82, 2.24) is 14.6 Å². The molecular weight excluding hydrogens is 214 g/mol. The number of hydrogen-bond donors (Lipinski definition) is 2. The van der Waals surface area contributed by atoms with Crippen molar-refractivity contribution >= 4 is 11.5 Å². The molecule has 0 bridgehead atoms. The van der Waals surface area contributed by atoms with E-state index in [2.05, 4.69) is 42.2 Å². The molecule has 0 unspecified atom stereocenters. The van der Waals surface area contributed by atoms with E-state index in [-0.39, 0.29) is 5.54 Å². The summed E-state index contributed by atoms with van der Waals surface area (Å²) in [6.07, 6.45) is 2.47. The van der Waals surface area contributed by atoms with Crippen LogP contribution in [-0.2, 0) is 0 Å². The summed E-state index contributed by atoms with van der Waals surface area (Å²) in [5, 5.41) is 7.69. The van der Waals surface area contributed by atoms with Crippen LogP contribution in [0.1, 0.15) is 25.8 Å². The first-order valence-electron chi connectivity index (χ1n) is 5.80. The van der Waals surface area contributed by atoms with E-state index in [9.17, 15) is 0 Å². The molecule has 2 aromatic rings. The monoisotopic (exact) mass is 233 g/mol. The van der Waals surface area contributed by atoms with Crippen molar-refractivity contribution in [1.29, 1.82) is 0 Å². The molecule has 3 N–H and O–H groups in total. The Labute approximate surface area is 101 Å². The van der Waals surface area contributed by atoms with Gasteiger partial charge in [0.05, 0.1) is 0 Å². The van der Waals surface area contributed by atoms with Gasteiger partial charge in [0.15, 0.2) is 5.65 Å². The van der Waals surface area contributed by atoms with Gasteiger partial charge in [-0.2, -0.15) is 9.61 Å². The summed E-state index contributed by atoms with van der Waals surface area (Å²) in [4.78, 5) is 4.20.